The summed E-state index contributed by atoms with van der Waals surface area (Å²) in [5.74, 6) is -0.0675. The second-order valence-electron chi connectivity index (χ2n) is 2.91. The molecule has 0 spiro atoms. The van der Waals surface area contributed by atoms with Gasteiger partial charge in [0.05, 0.1) is 0 Å². The summed E-state index contributed by atoms with van der Waals surface area (Å²) in [6, 6.07) is 4.21. The molecule has 0 saturated heterocycles. The third-order valence-electron chi connectivity index (χ3n) is 1.92. The number of phenols is 1. The van der Waals surface area contributed by atoms with Gasteiger partial charge in [0, 0.05) is 16.2 Å². The van der Waals surface area contributed by atoms with Gasteiger partial charge in [0.1, 0.15) is 5.75 Å². The summed E-state index contributed by atoms with van der Waals surface area (Å²) in [7, 11) is -1.62. The summed E-state index contributed by atoms with van der Waals surface area (Å²) in [5, 5.41) is 37.1. The van der Waals surface area contributed by atoms with Gasteiger partial charge in [0.25, 0.3) is 0 Å². The number of aromatic hydroxyl groups is 2. The molecule has 0 aliphatic heterocycles. The third-order valence-corrected chi connectivity index (χ3v) is 2.81. The lowest BCUT2D eigenvalue weighted by atomic mass is 9.80. The molecule has 1 aromatic carbocycles. The molecule has 4 N–H and O–H groups in total. The predicted molar refractivity (Wildman–Crippen MR) is 55.0 cm³/mol. The lowest BCUT2D eigenvalue weighted by molar-refractivity contribution is 0.425. The molecular weight excluding hydrogens is 203 g/mol. The number of hydrogen-bond donors (Lipinski definition) is 4. The molecule has 0 fully saturated rings. The number of phenolic OH excluding ortho intramolecular Hbond substituents is 1. The van der Waals surface area contributed by atoms with Crippen molar-refractivity contribution in [3.05, 3.63) is 18.2 Å². The first-order chi connectivity index (χ1) is 6.58. The van der Waals surface area contributed by atoms with Crippen LogP contribution in [0.25, 0.3) is 10.1 Å². The van der Waals surface area contributed by atoms with Crippen LogP contribution in [0, 0.1) is 0 Å². The van der Waals surface area contributed by atoms with E-state index in [0.717, 1.165) is 11.3 Å². The van der Waals surface area contributed by atoms with Gasteiger partial charge < -0.3 is 20.3 Å². The maximum Gasteiger partial charge on any atom is 0.488 e. The number of hydrogen-bond acceptors (Lipinski definition) is 5. The molecule has 0 unspecified atom stereocenters. The number of fused-ring (bicyclic) bond motifs is 1. The van der Waals surface area contributed by atoms with Gasteiger partial charge >= 0.3 is 7.12 Å². The monoisotopic (exact) mass is 210 g/mol. The summed E-state index contributed by atoms with van der Waals surface area (Å²) >= 11 is 1.07. The highest BCUT2D eigenvalue weighted by atomic mass is 32.1. The Labute approximate surface area is 83.8 Å². The molecule has 0 bridgehead atoms. The summed E-state index contributed by atoms with van der Waals surface area (Å²) in [6.45, 7) is 0. The van der Waals surface area contributed by atoms with E-state index in [9.17, 15) is 10.2 Å². The fourth-order valence-electron chi connectivity index (χ4n) is 1.28. The maximum absolute atomic E-state index is 9.49. The number of rotatable bonds is 1. The van der Waals surface area contributed by atoms with E-state index in [1.807, 2.05) is 0 Å². The van der Waals surface area contributed by atoms with Gasteiger partial charge in [-0.2, -0.15) is 0 Å². The maximum atomic E-state index is 9.49. The highest BCUT2D eigenvalue weighted by Gasteiger charge is 2.15. The minimum absolute atomic E-state index is 0.0675. The van der Waals surface area contributed by atoms with E-state index in [4.69, 9.17) is 10.0 Å². The molecule has 0 amide bonds. The molecule has 0 aliphatic rings. The summed E-state index contributed by atoms with van der Waals surface area (Å²) in [5.41, 5.74) is 0.205. The zero-order chi connectivity index (χ0) is 10.3. The number of thiophene rings is 1. The summed E-state index contributed by atoms with van der Waals surface area (Å²) in [4.78, 5) is 0. The Morgan fingerprint density at radius 2 is 1.79 bits per heavy atom. The first-order valence-corrected chi connectivity index (χ1v) is 4.71. The Hall–Kier alpha value is -1.24. The summed E-state index contributed by atoms with van der Waals surface area (Å²) in [6.07, 6.45) is 0. The number of benzene rings is 1. The smallest absolute Gasteiger partial charge is 0.488 e. The zero-order valence-corrected chi connectivity index (χ0v) is 7.82. The SMILES string of the molecule is OB(O)c1cc(O)c2cc(O)sc2c1. The molecule has 0 saturated carbocycles. The fourth-order valence-corrected chi connectivity index (χ4v) is 2.15. The Bertz CT molecular complexity index is 479. The van der Waals surface area contributed by atoms with E-state index in [1.54, 1.807) is 0 Å². The first kappa shape index (κ1) is 9.33. The minimum Gasteiger partial charge on any atom is -0.507 e. The van der Waals surface area contributed by atoms with E-state index in [1.165, 1.54) is 18.2 Å². The Morgan fingerprint density at radius 3 is 2.43 bits per heavy atom. The van der Waals surface area contributed by atoms with Crippen LogP contribution in [-0.4, -0.2) is 27.4 Å². The second-order valence-corrected chi connectivity index (χ2v) is 3.97. The fraction of sp³-hybridized carbons (Fsp3) is 0. The molecule has 14 heavy (non-hydrogen) atoms. The van der Waals surface area contributed by atoms with Gasteiger partial charge in [-0.3, -0.25) is 0 Å². The normalized spacial score (nSPS) is 10.7. The molecule has 6 heteroatoms. The zero-order valence-electron chi connectivity index (χ0n) is 7.01. The van der Waals surface area contributed by atoms with Crippen molar-refractivity contribution >= 4 is 34.0 Å². The molecular formula is C8H7BO4S. The van der Waals surface area contributed by atoms with Crippen LogP contribution in [0.2, 0.25) is 0 Å². The molecule has 1 heterocycles. The standard InChI is InChI=1S/C8H7BO4S/c10-6-1-4(9(12)13)2-7-5(6)3-8(11)14-7/h1-3,10-13H. The van der Waals surface area contributed by atoms with Crippen LogP contribution in [0.15, 0.2) is 18.2 Å². The Balaban J connectivity index is 2.71. The Kier molecular flexibility index (Phi) is 2.11. The van der Waals surface area contributed by atoms with Crippen molar-refractivity contribution in [1.29, 1.82) is 0 Å². The molecule has 0 atom stereocenters. The van der Waals surface area contributed by atoms with E-state index >= 15 is 0 Å². The van der Waals surface area contributed by atoms with E-state index in [2.05, 4.69) is 0 Å². The second kappa shape index (κ2) is 3.16. The van der Waals surface area contributed by atoms with Crippen molar-refractivity contribution in [3.8, 4) is 10.8 Å². The highest BCUT2D eigenvalue weighted by molar-refractivity contribution is 7.20. The molecule has 0 radical (unpaired) electrons. The van der Waals surface area contributed by atoms with Crippen LogP contribution in [0.1, 0.15) is 0 Å². The van der Waals surface area contributed by atoms with Crippen molar-refractivity contribution in [2.24, 2.45) is 0 Å². The predicted octanol–water partition coefficient (Wildman–Crippen LogP) is -0.00770. The van der Waals surface area contributed by atoms with Crippen molar-refractivity contribution < 1.29 is 20.3 Å². The molecule has 72 valence electrons. The highest BCUT2D eigenvalue weighted by Crippen LogP contribution is 2.34. The van der Waals surface area contributed by atoms with Crippen molar-refractivity contribution in [2.45, 2.75) is 0 Å². The van der Waals surface area contributed by atoms with Crippen molar-refractivity contribution in [1.82, 2.24) is 0 Å². The molecule has 2 aromatic rings. The average molecular weight is 210 g/mol. The summed E-state index contributed by atoms with van der Waals surface area (Å²) < 4.78 is 0.616. The van der Waals surface area contributed by atoms with Crippen molar-refractivity contribution in [2.75, 3.05) is 0 Å². The third kappa shape index (κ3) is 1.43. The van der Waals surface area contributed by atoms with Gasteiger partial charge in [-0.05, 0) is 17.6 Å². The quantitative estimate of drug-likeness (QED) is 0.499. The topological polar surface area (TPSA) is 80.9 Å². The minimum atomic E-state index is -1.62. The molecule has 4 nitrogen and oxygen atoms in total. The van der Waals surface area contributed by atoms with Gasteiger partial charge in [-0.15, -0.1) is 0 Å². The van der Waals surface area contributed by atoms with Gasteiger partial charge in [0.15, 0.2) is 5.06 Å². The molecule has 1 aromatic heterocycles. The van der Waals surface area contributed by atoms with Crippen LogP contribution in [0.4, 0.5) is 0 Å². The first-order valence-electron chi connectivity index (χ1n) is 3.89. The largest absolute Gasteiger partial charge is 0.507 e. The molecule has 2 rings (SSSR count). The van der Waals surface area contributed by atoms with E-state index < -0.39 is 7.12 Å². The van der Waals surface area contributed by atoms with Crippen LogP contribution >= 0.6 is 11.3 Å². The van der Waals surface area contributed by atoms with Crippen molar-refractivity contribution in [3.63, 3.8) is 0 Å². The lowest BCUT2D eigenvalue weighted by Crippen LogP contribution is -2.29. The van der Waals surface area contributed by atoms with Crippen LogP contribution < -0.4 is 5.46 Å². The Morgan fingerprint density at radius 1 is 1.07 bits per heavy atom. The van der Waals surface area contributed by atoms with Crippen LogP contribution in [0.3, 0.4) is 0 Å². The van der Waals surface area contributed by atoms with E-state index in [0.29, 0.717) is 10.1 Å². The van der Waals surface area contributed by atoms with Gasteiger partial charge in [-0.1, -0.05) is 11.3 Å². The van der Waals surface area contributed by atoms with Gasteiger partial charge in [0.2, 0.25) is 0 Å². The van der Waals surface area contributed by atoms with Crippen LogP contribution in [0.5, 0.6) is 10.8 Å². The average Bonchev–Trinajstić information content (AvgIpc) is 2.45. The molecule has 0 aliphatic carbocycles. The lowest BCUT2D eigenvalue weighted by Gasteiger charge is -2.00. The van der Waals surface area contributed by atoms with E-state index in [-0.39, 0.29) is 16.3 Å². The van der Waals surface area contributed by atoms with Gasteiger partial charge in [-0.25, -0.2) is 0 Å². The van der Waals surface area contributed by atoms with Crippen LogP contribution in [-0.2, 0) is 0 Å².